The van der Waals surface area contributed by atoms with Gasteiger partial charge in [0.2, 0.25) is 0 Å². The van der Waals surface area contributed by atoms with Crippen LogP contribution in [0.1, 0.15) is 24.4 Å². The maximum atomic E-state index is 7.42. The number of nitrogens with two attached hydrogens (primary N) is 1. The molecule has 1 atom stereocenters. The molecule has 0 saturated carbocycles. The third-order valence-corrected chi connectivity index (χ3v) is 4.74. The van der Waals surface area contributed by atoms with Crippen molar-refractivity contribution in [2.24, 2.45) is 0 Å². The minimum Gasteiger partial charge on any atom is -0.392 e. The molecule has 0 bridgehead atoms. The minimum absolute atomic E-state index is 0. The molecule has 0 fully saturated rings. The fourth-order valence-corrected chi connectivity index (χ4v) is 3.31. The molecule has 4 aromatic rings. The number of nitrogens with zero attached hydrogens (tertiary/aromatic N) is 6. The topological polar surface area (TPSA) is 98.4 Å². The summed E-state index contributed by atoms with van der Waals surface area (Å²) in [5, 5.41) is 8.43. The van der Waals surface area contributed by atoms with E-state index >= 15 is 0 Å². The van der Waals surface area contributed by atoms with Gasteiger partial charge in [0, 0.05) is 11.1 Å². The van der Waals surface area contributed by atoms with Gasteiger partial charge in [0.1, 0.15) is 17.5 Å². The fourth-order valence-electron chi connectivity index (χ4n) is 3.13. The Labute approximate surface area is 185 Å². The number of nitrogens with one attached hydrogen (secondary N) is 1. The van der Waals surface area contributed by atoms with E-state index in [0.29, 0.717) is 22.4 Å². The summed E-state index contributed by atoms with van der Waals surface area (Å²) in [4.78, 5) is 16.2. The molecule has 0 unspecified atom stereocenters. The van der Waals surface area contributed by atoms with Gasteiger partial charge < -0.3 is 11.1 Å². The Morgan fingerprint density at radius 3 is 2.67 bits per heavy atom. The maximum Gasteiger partial charge on any atom is 0.268 e. The zero-order valence-electron chi connectivity index (χ0n) is 16.3. The molecule has 3 heterocycles. The van der Waals surface area contributed by atoms with Gasteiger partial charge in [-0.3, -0.25) is 0 Å². The van der Waals surface area contributed by atoms with Crippen LogP contribution in [0.5, 0.6) is 0 Å². The number of nitrogen functional groups attached to an aromatic ring is 1. The second-order valence-electron chi connectivity index (χ2n) is 6.50. The van der Waals surface area contributed by atoms with Gasteiger partial charge in [-0.2, -0.15) is 18.6 Å². The van der Waals surface area contributed by atoms with Crippen LogP contribution in [0.3, 0.4) is 0 Å². The predicted molar refractivity (Wildman–Crippen MR) is 123 cm³/mol. The fraction of sp³-hybridized carbons (Fsp3) is 0.150. The SMILES string of the molecule is S.[C-]#[N+]c1c(N)nc(C)nc1N[C@@H](C)c1cc2ncc(Cl)n2nc1-c1ccccc1. The van der Waals surface area contributed by atoms with Gasteiger partial charge >= 0.3 is 0 Å². The number of hydrogen-bond donors (Lipinski definition) is 2. The second-order valence-corrected chi connectivity index (χ2v) is 6.88. The van der Waals surface area contributed by atoms with E-state index in [4.69, 9.17) is 29.0 Å². The van der Waals surface area contributed by atoms with Crippen LogP contribution in [0.25, 0.3) is 21.7 Å². The molecule has 0 radical (unpaired) electrons. The molecule has 0 aliphatic carbocycles. The highest BCUT2D eigenvalue weighted by Crippen LogP contribution is 2.34. The smallest absolute Gasteiger partial charge is 0.268 e. The highest BCUT2D eigenvalue weighted by Gasteiger charge is 2.20. The molecular formula is C20H19ClN8S. The Kier molecular flexibility index (Phi) is 6.10. The van der Waals surface area contributed by atoms with Crippen molar-refractivity contribution in [3.8, 4) is 11.3 Å². The van der Waals surface area contributed by atoms with Crippen LogP contribution >= 0.6 is 25.1 Å². The number of imidazole rings is 1. The number of aromatic nitrogens is 5. The third kappa shape index (κ3) is 3.87. The second kappa shape index (κ2) is 8.57. The van der Waals surface area contributed by atoms with Crippen molar-refractivity contribution in [3.63, 3.8) is 0 Å². The van der Waals surface area contributed by atoms with Crippen LogP contribution in [-0.4, -0.2) is 24.6 Å². The summed E-state index contributed by atoms with van der Waals surface area (Å²) in [5.41, 5.74) is 9.30. The van der Waals surface area contributed by atoms with E-state index in [-0.39, 0.29) is 31.0 Å². The van der Waals surface area contributed by atoms with Crippen LogP contribution in [-0.2, 0) is 0 Å². The normalized spacial score (nSPS) is 11.5. The molecule has 4 rings (SSSR count). The number of halogens is 1. The molecule has 0 aliphatic heterocycles. The van der Waals surface area contributed by atoms with Crippen LogP contribution in [0, 0.1) is 13.5 Å². The average molecular weight is 439 g/mol. The Hall–Kier alpha value is -3.35. The molecule has 3 aromatic heterocycles. The van der Waals surface area contributed by atoms with Crippen LogP contribution < -0.4 is 11.1 Å². The number of hydrogen-bond acceptors (Lipinski definition) is 6. The summed E-state index contributed by atoms with van der Waals surface area (Å²) in [6.45, 7) is 11.1. The summed E-state index contributed by atoms with van der Waals surface area (Å²) < 4.78 is 1.59. The van der Waals surface area contributed by atoms with E-state index < -0.39 is 0 Å². The quantitative estimate of drug-likeness (QED) is 0.453. The van der Waals surface area contributed by atoms with Crippen molar-refractivity contribution in [3.05, 3.63) is 70.6 Å². The first kappa shape index (κ1) is 21.4. The standard InChI is InChI=1S/C20H17ClN8.H2S/c1-11(25-20-18(23-3)19(22)26-12(2)27-20)14-9-16-24-10-15(21)29(16)28-17(14)13-7-5-4-6-8-13;/h4-11H,1-2H3,(H3,22,25,26,27);1H2/t11-;/m0./s1. The summed E-state index contributed by atoms with van der Waals surface area (Å²) in [5.74, 6) is 1.03. The summed E-state index contributed by atoms with van der Waals surface area (Å²) in [7, 11) is 0. The van der Waals surface area contributed by atoms with Gasteiger partial charge in [0.15, 0.2) is 10.8 Å². The lowest BCUT2D eigenvalue weighted by atomic mass is 10.0. The molecule has 152 valence electrons. The number of benzene rings is 1. The number of fused-ring (bicyclic) bond motifs is 1. The van der Waals surface area contributed by atoms with E-state index in [1.165, 1.54) is 0 Å². The first-order valence-corrected chi connectivity index (χ1v) is 9.23. The molecule has 0 spiro atoms. The lowest BCUT2D eigenvalue weighted by Crippen LogP contribution is -2.13. The molecule has 3 N–H and O–H groups in total. The first-order valence-electron chi connectivity index (χ1n) is 8.85. The van der Waals surface area contributed by atoms with Gasteiger partial charge in [-0.15, -0.1) is 0 Å². The van der Waals surface area contributed by atoms with Gasteiger partial charge in [0.05, 0.1) is 24.5 Å². The lowest BCUT2D eigenvalue weighted by Gasteiger charge is -2.20. The summed E-state index contributed by atoms with van der Waals surface area (Å²) in [6.07, 6.45) is 1.56. The number of anilines is 2. The highest BCUT2D eigenvalue weighted by molar-refractivity contribution is 7.59. The van der Waals surface area contributed by atoms with E-state index in [1.807, 2.05) is 43.3 Å². The van der Waals surface area contributed by atoms with E-state index in [0.717, 1.165) is 16.8 Å². The van der Waals surface area contributed by atoms with Crippen molar-refractivity contribution in [2.45, 2.75) is 19.9 Å². The first-order chi connectivity index (χ1) is 14.0. The molecule has 8 nitrogen and oxygen atoms in total. The van der Waals surface area contributed by atoms with Crippen molar-refractivity contribution >= 4 is 48.1 Å². The summed E-state index contributed by atoms with van der Waals surface area (Å²) >= 11 is 6.23. The predicted octanol–water partition coefficient (Wildman–Crippen LogP) is 4.57. The minimum atomic E-state index is -0.243. The number of aryl methyl sites for hydroxylation is 1. The average Bonchev–Trinajstić information content (AvgIpc) is 3.07. The van der Waals surface area contributed by atoms with Crippen molar-refractivity contribution in [1.29, 1.82) is 0 Å². The van der Waals surface area contributed by atoms with E-state index in [2.05, 4.69) is 25.1 Å². The Morgan fingerprint density at radius 2 is 1.97 bits per heavy atom. The van der Waals surface area contributed by atoms with E-state index in [1.54, 1.807) is 17.6 Å². The third-order valence-electron chi connectivity index (χ3n) is 4.48. The molecule has 0 amide bonds. The number of rotatable bonds is 4. The van der Waals surface area contributed by atoms with Crippen LogP contribution in [0.15, 0.2) is 42.6 Å². The summed E-state index contributed by atoms with van der Waals surface area (Å²) in [6, 6.07) is 11.5. The Bertz CT molecular complexity index is 1250. The van der Waals surface area contributed by atoms with Crippen molar-refractivity contribution in [1.82, 2.24) is 24.6 Å². The Morgan fingerprint density at radius 1 is 1.23 bits per heavy atom. The highest BCUT2D eigenvalue weighted by atomic mass is 35.5. The van der Waals surface area contributed by atoms with Gasteiger partial charge in [-0.1, -0.05) is 41.9 Å². The molecule has 10 heteroatoms. The van der Waals surface area contributed by atoms with Crippen LogP contribution in [0.2, 0.25) is 5.15 Å². The van der Waals surface area contributed by atoms with Gasteiger partial charge in [-0.25, -0.2) is 24.3 Å². The van der Waals surface area contributed by atoms with Crippen molar-refractivity contribution < 1.29 is 0 Å². The lowest BCUT2D eigenvalue weighted by molar-refractivity contribution is 0.839. The zero-order chi connectivity index (χ0) is 20.5. The molecule has 0 aliphatic rings. The molecule has 0 saturated heterocycles. The zero-order valence-corrected chi connectivity index (χ0v) is 18.0. The van der Waals surface area contributed by atoms with Crippen LogP contribution in [0.4, 0.5) is 17.3 Å². The van der Waals surface area contributed by atoms with Crippen molar-refractivity contribution in [2.75, 3.05) is 11.1 Å². The molecule has 30 heavy (non-hydrogen) atoms. The molecular weight excluding hydrogens is 420 g/mol. The van der Waals surface area contributed by atoms with Gasteiger partial charge in [-0.05, 0) is 19.9 Å². The monoisotopic (exact) mass is 438 g/mol. The van der Waals surface area contributed by atoms with E-state index in [9.17, 15) is 0 Å². The Balaban J connectivity index is 0.00000256. The molecule has 1 aromatic carbocycles. The maximum absolute atomic E-state index is 7.42. The van der Waals surface area contributed by atoms with Gasteiger partial charge in [0.25, 0.3) is 5.69 Å². The largest absolute Gasteiger partial charge is 0.392 e.